The van der Waals surface area contributed by atoms with Gasteiger partial charge in [0.1, 0.15) is 4.33 Å². The Morgan fingerprint density at radius 1 is 1.37 bits per heavy atom. The van der Waals surface area contributed by atoms with Gasteiger partial charge in [0.2, 0.25) is 0 Å². The van der Waals surface area contributed by atoms with E-state index in [9.17, 15) is 8.42 Å². The smallest absolute Gasteiger partial charge is 0.199 e. The molecule has 0 aliphatic heterocycles. The van der Waals surface area contributed by atoms with Crippen molar-refractivity contribution in [3.05, 3.63) is 29.8 Å². The van der Waals surface area contributed by atoms with E-state index in [1.54, 1.807) is 30.5 Å². The Bertz CT molecular complexity index is 609. The third-order valence-electron chi connectivity index (χ3n) is 2.94. The fraction of sp³-hybridized carbons (Fsp3) is 0.500. The molecule has 1 aromatic carbocycles. The van der Waals surface area contributed by atoms with Crippen LogP contribution in [0.25, 0.3) is 0 Å². The van der Waals surface area contributed by atoms with Crippen molar-refractivity contribution in [3.63, 3.8) is 0 Å². The maximum Gasteiger partial charge on any atom is 0.287 e. The van der Waals surface area contributed by atoms with Gasteiger partial charge < -0.3 is 0 Å². The maximum absolute atomic E-state index is 12.1. The van der Waals surface area contributed by atoms with E-state index in [-0.39, 0.29) is 10.8 Å². The van der Waals surface area contributed by atoms with E-state index in [4.69, 9.17) is 23.2 Å². The summed E-state index contributed by atoms with van der Waals surface area (Å²) in [5.74, 6) is 0.777. The summed E-state index contributed by atoms with van der Waals surface area (Å²) in [6, 6.07) is 6.69. The largest absolute Gasteiger partial charge is 0.287 e. The second kappa shape index (κ2) is 5.35. The van der Waals surface area contributed by atoms with Crippen LogP contribution in [0.2, 0.25) is 0 Å². The quantitative estimate of drug-likeness (QED) is 0.790. The van der Waals surface area contributed by atoms with E-state index in [0.29, 0.717) is 12.2 Å². The predicted octanol–water partition coefficient (Wildman–Crippen LogP) is 3.31. The molecule has 1 aliphatic rings. The van der Waals surface area contributed by atoms with Gasteiger partial charge in [-0.3, -0.25) is 0 Å². The number of hydrogen-bond donors (Lipinski definition) is 0. The standard InChI is InChI=1S/C12H15Cl2NO2S2/c1-9-3-5-11(6-4-9)19(16,17)15-18(2)8-10-7-12(10,13)14/h3-6,10H,7-8H2,1-2H3/t10-,18-/m0/s1. The highest BCUT2D eigenvalue weighted by atomic mass is 35.5. The number of nitrogens with zero attached hydrogens (tertiary/aromatic N) is 1. The van der Waals surface area contributed by atoms with E-state index >= 15 is 0 Å². The Morgan fingerprint density at radius 2 is 1.89 bits per heavy atom. The summed E-state index contributed by atoms with van der Waals surface area (Å²) in [7, 11) is -4.17. The van der Waals surface area contributed by atoms with Crippen molar-refractivity contribution in [2.75, 3.05) is 12.0 Å². The molecule has 0 amide bonds. The highest BCUT2D eigenvalue weighted by Gasteiger charge is 2.51. The van der Waals surface area contributed by atoms with Crippen LogP contribution in [0.4, 0.5) is 0 Å². The molecule has 1 saturated carbocycles. The number of alkyl halides is 2. The van der Waals surface area contributed by atoms with Crippen LogP contribution in [0.3, 0.4) is 0 Å². The third kappa shape index (κ3) is 3.94. The molecule has 106 valence electrons. The Balaban J connectivity index is 2.14. The lowest BCUT2D eigenvalue weighted by molar-refractivity contribution is 0.598. The van der Waals surface area contributed by atoms with E-state index in [2.05, 4.69) is 3.77 Å². The van der Waals surface area contributed by atoms with Crippen molar-refractivity contribution in [3.8, 4) is 0 Å². The van der Waals surface area contributed by atoms with Gasteiger partial charge in [0.25, 0.3) is 10.0 Å². The molecule has 1 aromatic rings. The summed E-state index contributed by atoms with van der Waals surface area (Å²) in [4.78, 5) is 0.233. The van der Waals surface area contributed by atoms with E-state index < -0.39 is 25.0 Å². The Hall–Kier alpha value is -0.100. The Kier molecular flexibility index (Phi) is 4.31. The first-order chi connectivity index (χ1) is 8.71. The molecule has 0 N–H and O–H groups in total. The number of halogens is 2. The zero-order valence-electron chi connectivity index (χ0n) is 10.6. The minimum atomic E-state index is -3.58. The summed E-state index contributed by atoms with van der Waals surface area (Å²) >= 11 is 11.9. The first-order valence-electron chi connectivity index (χ1n) is 5.76. The van der Waals surface area contributed by atoms with Crippen molar-refractivity contribution < 1.29 is 8.42 Å². The summed E-state index contributed by atoms with van der Waals surface area (Å²) < 4.78 is 27.4. The molecule has 0 heterocycles. The van der Waals surface area contributed by atoms with Gasteiger partial charge in [-0.15, -0.1) is 27.0 Å². The van der Waals surface area contributed by atoms with Gasteiger partial charge in [0, 0.05) is 11.7 Å². The van der Waals surface area contributed by atoms with Crippen LogP contribution in [-0.4, -0.2) is 24.8 Å². The van der Waals surface area contributed by atoms with Crippen LogP contribution in [0.5, 0.6) is 0 Å². The topological polar surface area (TPSA) is 46.5 Å². The minimum Gasteiger partial charge on any atom is -0.199 e. The normalized spacial score (nSPS) is 23.3. The Labute approximate surface area is 126 Å². The van der Waals surface area contributed by atoms with Gasteiger partial charge >= 0.3 is 0 Å². The van der Waals surface area contributed by atoms with Crippen molar-refractivity contribution in [2.45, 2.75) is 22.6 Å². The van der Waals surface area contributed by atoms with Crippen molar-refractivity contribution in [1.29, 1.82) is 0 Å². The molecule has 19 heavy (non-hydrogen) atoms. The summed E-state index contributed by atoms with van der Waals surface area (Å²) in [5.41, 5.74) is 1.02. The number of rotatable bonds is 4. The van der Waals surface area contributed by atoms with Gasteiger partial charge in [-0.2, -0.15) is 8.42 Å². The molecule has 1 fully saturated rings. The first-order valence-corrected chi connectivity index (χ1v) is 9.71. The number of aryl methyl sites for hydroxylation is 1. The summed E-state index contributed by atoms with van der Waals surface area (Å²) in [6.45, 7) is 1.91. The van der Waals surface area contributed by atoms with Gasteiger partial charge in [0.05, 0.1) is 4.90 Å². The van der Waals surface area contributed by atoms with Crippen molar-refractivity contribution in [1.82, 2.24) is 0 Å². The number of hydrogen-bond acceptors (Lipinski definition) is 2. The molecule has 0 spiro atoms. The van der Waals surface area contributed by atoms with Crippen LogP contribution in [-0.2, 0) is 20.7 Å². The average molecular weight is 340 g/mol. The van der Waals surface area contributed by atoms with Gasteiger partial charge in [-0.05, 0) is 31.7 Å². The molecule has 0 saturated heterocycles. The van der Waals surface area contributed by atoms with E-state index in [1.807, 2.05) is 6.92 Å². The molecule has 3 nitrogen and oxygen atoms in total. The Morgan fingerprint density at radius 3 is 2.37 bits per heavy atom. The second-order valence-corrected chi connectivity index (χ2v) is 9.89. The predicted molar refractivity (Wildman–Crippen MR) is 81.5 cm³/mol. The van der Waals surface area contributed by atoms with Gasteiger partial charge in [-0.1, -0.05) is 28.4 Å². The van der Waals surface area contributed by atoms with Crippen LogP contribution in [0.1, 0.15) is 12.0 Å². The summed E-state index contributed by atoms with van der Waals surface area (Å²) in [6.07, 6.45) is 2.52. The monoisotopic (exact) mass is 339 g/mol. The van der Waals surface area contributed by atoms with Crippen LogP contribution >= 0.6 is 23.2 Å². The highest BCUT2D eigenvalue weighted by Crippen LogP contribution is 2.53. The van der Waals surface area contributed by atoms with E-state index in [0.717, 1.165) is 5.56 Å². The lowest BCUT2D eigenvalue weighted by Crippen LogP contribution is -2.06. The fourth-order valence-electron chi connectivity index (χ4n) is 1.69. The SMILES string of the molecule is Cc1ccc(S(=O)(=O)N=[S@@](C)C[C@@H]2CC2(Cl)Cl)cc1. The van der Waals surface area contributed by atoms with Crippen LogP contribution in [0.15, 0.2) is 32.9 Å². The minimum absolute atomic E-state index is 0.154. The number of sulfonamides is 1. The molecule has 0 aromatic heterocycles. The zero-order valence-corrected chi connectivity index (χ0v) is 13.8. The average Bonchev–Trinajstić information content (AvgIpc) is 2.85. The van der Waals surface area contributed by atoms with Crippen molar-refractivity contribution in [2.24, 2.45) is 9.69 Å². The molecule has 0 radical (unpaired) electrons. The lowest BCUT2D eigenvalue weighted by Gasteiger charge is -2.04. The second-order valence-electron chi connectivity index (χ2n) is 4.79. The molecule has 7 heteroatoms. The first kappa shape index (κ1) is 15.3. The maximum atomic E-state index is 12.1. The third-order valence-corrected chi connectivity index (χ3v) is 7.42. The molecular formula is C12H15Cl2NO2S2. The molecular weight excluding hydrogens is 325 g/mol. The van der Waals surface area contributed by atoms with Gasteiger partial charge in [0.15, 0.2) is 0 Å². The van der Waals surface area contributed by atoms with Gasteiger partial charge in [-0.25, -0.2) is 0 Å². The van der Waals surface area contributed by atoms with Crippen LogP contribution in [0, 0.1) is 12.8 Å². The molecule has 0 bridgehead atoms. The van der Waals surface area contributed by atoms with Crippen LogP contribution < -0.4 is 0 Å². The van der Waals surface area contributed by atoms with E-state index in [1.165, 1.54) is 0 Å². The zero-order chi connectivity index (χ0) is 14.3. The van der Waals surface area contributed by atoms with Crippen molar-refractivity contribution >= 4 is 43.9 Å². The number of benzene rings is 1. The highest BCUT2D eigenvalue weighted by molar-refractivity contribution is 7.99. The fourth-order valence-corrected chi connectivity index (χ4v) is 5.80. The summed E-state index contributed by atoms with van der Waals surface area (Å²) in [5, 5.41) is 0. The molecule has 2 rings (SSSR count). The lowest BCUT2D eigenvalue weighted by atomic mass is 10.2. The molecule has 2 atom stereocenters. The molecule has 0 unspecified atom stereocenters. The molecule has 1 aliphatic carbocycles.